The van der Waals surface area contributed by atoms with E-state index in [1.165, 1.54) is 35.2 Å². The van der Waals surface area contributed by atoms with Gasteiger partial charge in [-0.15, -0.1) is 0 Å². The van der Waals surface area contributed by atoms with Crippen molar-refractivity contribution >= 4 is 58.3 Å². The van der Waals surface area contributed by atoms with E-state index in [-0.39, 0.29) is 35.1 Å². The van der Waals surface area contributed by atoms with Crippen molar-refractivity contribution in [1.29, 1.82) is 0 Å². The summed E-state index contributed by atoms with van der Waals surface area (Å²) in [4.78, 5) is 61.3. The number of nitrogens with zero attached hydrogens (tertiary/aromatic N) is 3. The van der Waals surface area contributed by atoms with E-state index in [0.29, 0.717) is 21.2 Å². The maximum atomic E-state index is 14.8. The minimum Gasteiger partial charge on any atom is -0.351 e. The molecule has 13 heteroatoms. The number of urea groups is 1. The number of imide groups is 1. The van der Waals surface area contributed by atoms with Gasteiger partial charge in [-0.25, -0.2) is 4.79 Å². The van der Waals surface area contributed by atoms with Gasteiger partial charge in [0.25, 0.3) is 11.8 Å². The normalized spacial score (nSPS) is 16.8. The van der Waals surface area contributed by atoms with Crippen LogP contribution >= 0.6 is 23.2 Å². The van der Waals surface area contributed by atoms with Crippen molar-refractivity contribution in [3.8, 4) is 0 Å². The standard InChI is InChI=1S/C44H37Cl2F3N4O4/c45-33-21-17-29(18-22-33)38(40(54)50-35-13-5-2-6-14-35)52(41(55)30-19-23-34(46)24-20-30)36-15-7-11-31(25-36)39-42(56)51(27-28-9-3-1-4-10-28)43(57)53(39)37-16-8-12-32(26-37)44(47,48)49/h1,3-4,7-12,15-26,35,38-39H,2,5-6,13-14,27H2,(H,50,54). The molecule has 8 nitrogen and oxygen atoms in total. The summed E-state index contributed by atoms with van der Waals surface area (Å²) < 4.78 is 41.9. The Hall–Kier alpha value is -5.65. The van der Waals surface area contributed by atoms with Crippen molar-refractivity contribution in [2.24, 2.45) is 0 Å². The van der Waals surface area contributed by atoms with Crippen LogP contribution in [0.5, 0.6) is 0 Å². The van der Waals surface area contributed by atoms with E-state index in [0.717, 1.165) is 54.0 Å². The molecule has 2 fully saturated rings. The van der Waals surface area contributed by atoms with Gasteiger partial charge < -0.3 is 5.32 Å². The summed E-state index contributed by atoms with van der Waals surface area (Å²) in [5.74, 6) is -1.70. The number of carbonyl (C=O) groups is 4. The van der Waals surface area contributed by atoms with Crippen molar-refractivity contribution < 1.29 is 32.3 Å². The summed E-state index contributed by atoms with van der Waals surface area (Å²) in [6.45, 7) is -0.134. The molecular weight excluding hydrogens is 776 g/mol. The Kier molecular flexibility index (Phi) is 11.7. The molecule has 7 rings (SSSR count). The number of nitrogens with one attached hydrogen (secondary N) is 1. The third-order valence-corrected chi connectivity index (χ3v) is 10.8. The highest BCUT2D eigenvalue weighted by Crippen LogP contribution is 2.41. The predicted molar refractivity (Wildman–Crippen MR) is 213 cm³/mol. The van der Waals surface area contributed by atoms with Crippen molar-refractivity contribution in [2.75, 3.05) is 9.80 Å². The molecule has 2 aliphatic rings. The van der Waals surface area contributed by atoms with Crippen LogP contribution in [0.2, 0.25) is 10.0 Å². The first-order valence-corrected chi connectivity index (χ1v) is 19.3. The Morgan fingerprint density at radius 2 is 1.42 bits per heavy atom. The molecule has 2 unspecified atom stereocenters. The second-order valence-electron chi connectivity index (χ2n) is 14.1. The Bertz CT molecular complexity index is 2270. The van der Waals surface area contributed by atoms with Gasteiger partial charge in [-0.2, -0.15) is 13.2 Å². The molecule has 1 N–H and O–H groups in total. The maximum absolute atomic E-state index is 14.8. The van der Waals surface area contributed by atoms with Crippen molar-refractivity contribution in [3.05, 3.63) is 165 Å². The zero-order valence-electron chi connectivity index (χ0n) is 30.5. The van der Waals surface area contributed by atoms with Crippen LogP contribution in [-0.2, 0) is 22.3 Å². The fraction of sp³-hybridized carbons (Fsp3) is 0.227. The van der Waals surface area contributed by atoms with E-state index in [2.05, 4.69) is 5.32 Å². The Balaban J connectivity index is 1.37. The number of hydrogen-bond donors (Lipinski definition) is 1. The summed E-state index contributed by atoms with van der Waals surface area (Å²) in [5, 5.41) is 3.97. The molecule has 0 aromatic heterocycles. The third-order valence-electron chi connectivity index (χ3n) is 10.2. The van der Waals surface area contributed by atoms with E-state index >= 15 is 0 Å². The fourth-order valence-corrected chi connectivity index (χ4v) is 7.69. The van der Waals surface area contributed by atoms with Crippen molar-refractivity contribution in [2.45, 2.75) is 63.0 Å². The number of hydrogen-bond acceptors (Lipinski definition) is 4. The van der Waals surface area contributed by atoms with Gasteiger partial charge in [0.15, 0.2) is 0 Å². The third kappa shape index (κ3) is 8.69. The van der Waals surface area contributed by atoms with E-state index in [1.54, 1.807) is 84.9 Å². The largest absolute Gasteiger partial charge is 0.416 e. The Labute approximate surface area is 337 Å². The molecule has 57 heavy (non-hydrogen) atoms. The summed E-state index contributed by atoms with van der Waals surface area (Å²) in [6.07, 6.45) is -0.207. The molecule has 1 aliphatic heterocycles. The lowest BCUT2D eigenvalue weighted by molar-refractivity contribution is -0.137. The quantitative estimate of drug-likeness (QED) is 0.142. The number of amides is 5. The number of alkyl halides is 3. The predicted octanol–water partition coefficient (Wildman–Crippen LogP) is 10.6. The lowest BCUT2D eigenvalue weighted by atomic mass is 9.94. The number of benzene rings is 5. The van der Waals surface area contributed by atoms with Crippen LogP contribution in [0.4, 0.5) is 29.3 Å². The van der Waals surface area contributed by atoms with Crippen LogP contribution in [-0.4, -0.2) is 34.7 Å². The lowest BCUT2D eigenvalue weighted by Crippen LogP contribution is -2.47. The van der Waals surface area contributed by atoms with Crippen LogP contribution in [0, 0.1) is 0 Å². The Morgan fingerprint density at radius 1 is 0.772 bits per heavy atom. The molecule has 1 aliphatic carbocycles. The summed E-state index contributed by atoms with van der Waals surface area (Å²) >= 11 is 12.5. The van der Waals surface area contributed by atoms with Crippen LogP contribution in [0.3, 0.4) is 0 Å². The van der Waals surface area contributed by atoms with Crippen LogP contribution in [0.15, 0.2) is 127 Å². The van der Waals surface area contributed by atoms with Crippen LogP contribution < -0.4 is 15.1 Å². The van der Waals surface area contributed by atoms with Gasteiger partial charge in [0.1, 0.15) is 12.1 Å². The van der Waals surface area contributed by atoms with Gasteiger partial charge in [-0.3, -0.25) is 29.1 Å². The van der Waals surface area contributed by atoms with Gasteiger partial charge in [0.2, 0.25) is 5.91 Å². The average Bonchev–Trinajstić information content (AvgIpc) is 3.46. The number of halogens is 5. The van der Waals surface area contributed by atoms with E-state index in [4.69, 9.17) is 23.2 Å². The average molecular weight is 814 g/mol. The number of rotatable bonds is 10. The van der Waals surface area contributed by atoms with Gasteiger partial charge >= 0.3 is 12.2 Å². The molecule has 2 atom stereocenters. The molecule has 0 radical (unpaired) electrons. The summed E-state index contributed by atoms with van der Waals surface area (Å²) in [5.41, 5.74) is 0.547. The van der Waals surface area contributed by atoms with Crippen molar-refractivity contribution in [1.82, 2.24) is 10.2 Å². The molecule has 1 saturated carbocycles. The monoisotopic (exact) mass is 812 g/mol. The highest BCUT2D eigenvalue weighted by atomic mass is 35.5. The number of carbonyl (C=O) groups excluding carboxylic acids is 4. The molecule has 1 heterocycles. The van der Waals surface area contributed by atoms with Gasteiger partial charge in [0.05, 0.1) is 12.1 Å². The number of anilines is 2. The first-order valence-electron chi connectivity index (χ1n) is 18.5. The Morgan fingerprint density at radius 3 is 2.09 bits per heavy atom. The highest BCUT2D eigenvalue weighted by Gasteiger charge is 2.48. The zero-order valence-corrected chi connectivity index (χ0v) is 32.0. The van der Waals surface area contributed by atoms with E-state index in [9.17, 15) is 32.3 Å². The topological polar surface area (TPSA) is 90.0 Å². The molecule has 0 spiro atoms. The second-order valence-corrected chi connectivity index (χ2v) is 15.0. The summed E-state index contributed by atoms with van der Waals surface area (Å²) in [6, 6.07) is 28.4. The minimum absolute atomic E-state index is 0.112. The van der Waals surface area contributed by atoms with Gasteiger partial charge in [-0.1, -0.05) is 103 Å². The molecule has 5 aromatic rings. The fourth-order valence-electron chi connectivity index (χ4n) is 7.44. The second kappa shape index (κ2) is 16.8. The van der Waals surface area contributed by atoms with Crippen LogP contribution in [0.25, 0.3) is 0 Å². The first kappa shape index (κ1) is 39.6. The molecule has 1 saturated heterocycles. The van der Waals surface area contributed by atoms with Crippen LogP contribution in [0.1, 0.15) is 76.8 Å². The molecule has 0 bridgehead atoms. The zero-order chi connectivity index (χ0) is 40.3. The van der Waals surface area contributed by atoms with E-state index in [1.807, 2.05) is 0 Å². The molecule has 5 amide bonds. The molecule has 292 valence electrons. The van der Waals surface area contributed by atoms with Gasteiger partial charge in [0, 0.05) is 33.0 Å². The van der Waals surface area contributed by atoms with Crippen molar-refractivity contribution in [3.63, 3.8) is 0 Å². The summed E-state index contributed by atoms with van der Waals surface area (Å²) in [7, 11) is 0. The SMILES string of the molecule is O=C(NC1CCCCC1)C(c1ccc(Cl)cc1)N(C(=O)c1ccc(Cl)cc1)c1cccc(C2C(=O)N(Cc3ccccc3)C(=O)N2c2cccc(C(F)(F)F)c2)c1. The molecular formula is C44H37Cl2F3N4O4. The first-order chi connectivity index (χ1) is 27.4. The highest BCUT2D eigenvalue weighted by molar-refractivity contribution is 6.31. The minimum atomic E-state index is -4.72. The van der Waals surface area contributed by atoms with Gasteiger partial charge in [-0.05, 0) is 96.3 Å². The van der Waals surface area contributed by atoms with E-state index < -0.39 is 47.6 Å². The lowest BCUT2D eigenvalue weighted by Gasteiger charge is -2.34. The maximum Gasteiger partial charge on any atom is 0.416 e. The smallest absolute Gasteiger partial charge is 0.351 e. The molecule has 5 aromatic carbocycles.